The molecule has 0 saturated carbocycles. The summed E-state index contributed by atoms with van der Waals surface area (Å²) in [6.07, 6.45) is -0.311. The molecule has 8 nitrogen and oxygen atoms in total. The molecule has 1 aliphatic rings. The van der Waals surface area contributed by atoms with Gasteiger partial charge >= 0.3 is 12.0 Å². The van der Waals surface area contributed by atoms with Crippen molar-refractivity contribution in [3.8, 4) is 0 Å². The average Bonchev–Trinajstić information content (AvgIpc) is 3.09. The summed E-state index contributed by atoms with van der Waals surface area (Å²) in [6.45, 7) is 0.000710. The van der Waals surface area contributed by atoms with Crippen LogP contribution >= 0.6 is 11.6 Å². The predicted octanol–water partition coefficient (Wildman–Crippen LogP) is 4.63. The highest BCUT2D eigenvalue weighted by Gasteiger charge is 2.46. The molecule has 0 spiro atoms. The number of carbonyl (C=O) groups is 4. The van der Waals surface area contributed by atoms with E-state index in [0.717, 1.165) is 4.90 Å². The van der Waals surface area contributed by atoms with Crippen molar-refractivity contribution in [1.82, 2.24) is 4.90 Å². The van der Waals surface area contributed by atoms with Crippen molar-refractivity contribution in [1.29, 1.82) is 0 Å². The molecule has 3 aromatic rings. The fourth-order valence-electron chi connectivity index (χ4n) is 3.82. The van der Waals surface area contributed by atoms with Crippen molar-refractivity contribution in [2.24, 2.45) is 0 Å². The zero-order chi connectivity index (χ0) is 25.8. The first kappa shape index (κ1) is 24.9. The zero-order valence-electron chi connectivity index (χ0n) is 19.1. The van der Waals surface area contributed by atoms with E-state index >= 15 is 0 Å². The number of urea groups is 1. The monoisotopic (exact) mass is 509 g/mol. The summed E-state index contributed by atoms with van der Waals surface area (Å²) in [7, 11) is 1.27. The van der Waals surface area contributed by atoms with E-state index in [1.165, 1.54) is 60.5 Å². The van der Waals surface area contributed by atoms with E-state index in [4.69, 9.17) is 11.6 Å². The van der Waals surface area contributed by atoms with Crippen molar-refractivity contribution >= 4 is 46.8 Å². The second-order valence-electron chi connectivity index (χ2n) is 8.02. The maximum Gasteiger partial charge on any atom is 0.337 e. The van der Waals surface area contributed by atoms with Gasteiger partial charge in [-0.2, -0.15) is 0 Å². The Hall–Kier alpha value is -4.24. The van der Waals surface area contributed by atoms with Crippen LogP contribution in [0.15, 0.2) is 72.8 Å². The number of imide groups is 1. The molecule has 1 fully saturated rings. The van der Waals surface area contributed by atoms with Gasteiger partial charge in [-0.25, -0.2) is 18.9 Å². The van der Waals surface area contributed by atoms with E-state index in [1.807, 2.05) is 0 Å². The van der Waals surface area contributed by atoms with Gasteiger partial charge in [0.15, 0.2) is 0 Å². The molecule has 1 atom stereocenters. The van der Waals surface area contributed by atoms with Gasteiger partial charge in [0.25, 0.3) is 5.91 Å². The van der Waals surface area contributed by atoms with Crippen LogP contribution in [0.5, 0.6) is 0 Å². The molecule has 1 unspecified atom stereocenters. The van der Waals surface area contributed by atoms with E-state index in [0.29, 0.717) is 27.5 Å². The molecular weight excluding hydrogens is 489 g/mol. The first-order chi connectivity index (χ1) is 17.3. The zero-order valence-corrected chi connectivity index (χ0v) is 19.9. The number of anilines is 2. The van der Waals surface area contributed by atoms with Crippen LogP contribution in [0.25, 0.3) is 0 Å². The minimum atomic E-state index is -1.09. The summed E-state index contributed by atoms with van der Waals surface area (Å²) in [6, 6.07) is 16.1. The van der Waals surface area contributed by atoms with Gasteiger partial charge in [-0.1, -0.05) is 23.7 Å². The third-order valence-corrected chi connectivity index (χ3v) is 5.89. The molecule has 3 aromatic carbocycles. The molecule has 0 aliphatic carbocycles. The lowest BCUT2D eigenvalue weighted by molar-refractivity contribution is -0.124. The SMILES string of the molecule is COC(=O)c1ccc(NC(=O)CC2C(=O)N(c3ccc(Cl)cc3)C(=O)N2Cc2ccc(F)cc2)cc1. The molecule has 1 saturated heterocycles. The van der Waals surface area contributed by atoms with Gasteiger partial charge in [0.05, 0.1) is 24.8 Å². The number of nitrogens with one attached hydrogen (secondary N) is 1. The van der Waals surface area contributed by atoms with Gasteiger partial charge in [-0.05, 0) is 66.2 Å². The number of ether oxygens (including phenoxy) is 1. The lowest BCUT2D eigenvalue weighted by atomic mass is 10.1. The van der Waals surface area contributed by atoms with E-state index < -0.39 is 35.7 Å². The Bertz CT molecular complexity index is 1300. The topological polar surface area (TPSA) is 96.0 Å². The Morgan fingerprint density at radius 3 is 2.22 bits per heavy atom. The summed E-state index contributed by atoms with van der Waals surface area (Å²) in [5.74, 6) is -2.02. The Morgan fingerprint density at radius 1 is 0.972 bits per heavy atom. The second-order valence-corrected chi connectivity index (χ2v) is 8.46. The Balaban J connectivity index is 1.56. The summed E-state index contributed by atoms with van der Waals surface area (Å²) in [5, 5.41) is 3.12. The van der Waals surface area contributed by atoms with Gasteiger partial charge in [0.2, 0.25) is 5.91 Å². The van der Waals surface area contributed by atoms with Crippen molar-refractivity contribution in [2.75, 3.05) is 17.3 Å². The largest absolute Gasteiger partial charge is 0.465 e. The number of amides is 4. The molecule has 0 radical (unpaired) electrons. The van der Waals surface area contributed by atoms with Gasteiger partial charge in [0.1, 0.15) is 11.9 Å². The molecule has 36 heavy (non-hydrogen) atoms. The number of carbonyl (C=O) groups excluding carboxylic acids is 4. The Morgan fingerprint density at radius 2 is 1.61 bits per heavy atom. The summed E-state index contributed by atoms with van der Waals surface area (Å²) >= 11 is 5.94. The van der Waals surface area contributed by atoms with Gasteiger partial charge in [-0.3, -0.25) is 9.59 Å². The van der Waals surface area contributed by atoms with E-state index in [1.54, 1.807) is 24.3 Å². The van der Waals surface area contributed by atoms with Crippen LogP contribution in [0.4, 0.5) is 20.6 Å². The summed E-state index contributed by atoms with van der Waals surface area (Å²) in [4.78, 5) is 53.4. The highest BCUT2D eigenvalue weighted by Crippen LogP contribution is 2.29. The number of nitrogens with zero attached hydrogens (tertiary/aromatic N) is 2. The van der Waals surface area contributed by atoms with E-state index in [9.17, 15) is 23.6 Å². The molecule has 184 valence electrons. The minimum Gasteiger partial charge on any atom is -0.465 e. The first-order valence-electron chi connectivity index (χ1n) is 10.9. The number of rotatable bonds is 7. The van der Waals surface area contributed by atoms with Gasteiger partial charge in [0, 0.05) is 17.3 Å². The third-order valence-electron chi connectivity index (χ3n) is 5.64. The molecule has 4 amide bonds. The molecule has 0 aromatic heterocycles. The van der Waals surface area contributed by atoms with Crippen LogP contribution in [0.3, 0.4) is 0 Å². The maximum atomic E-state index is 13.4. The van der Waals surface area contributed by atoms with Crippen molar-refractivity contribution in [3.05, 3.63) is 94.8 Å². The molecule has 0 bridgehead atoms. The van der Waals surface area contributed by atoms with Crippen molar-refractivity contribution in [2.45, 2.75) is 19.0 Å². The minimum absolute atomic E-state index is 0.000710. The number of benzene rings is 3. The second kappa shape index (κ2) is 10.6. The molecule has 1 heterocycles. The van der Waals surface area contributed by atoms with Crippen LogP contribution in [0.2, 0.25) is 5.02 Å². The van der Waals surface area contributed by atoms with Crippen LogP contribution in [-0.4, -0.2) is 41.9 Å². The standard InChI is InChI=1S/C26H21ClFN3O5/c1-36-25(34)17-4-10-20(11-5-17)29-23(32)14-22-24(33)31(21-12-6-18(27)7-13-21)26(35)30(22)15-16-2-8-19(28)9-3-16/h2-13,22H,14-15H2,1H3,(H,29,32). The van der Waals surface area contributed by atoms with E-state index in [2.05, 4.69) is 10.1 Å². The fraction of sp³-hybridized carbons (Fsp3) is 0.154. The number of halogens is 2. The van der Waals surface area contributed by atoms with Gasteiger partial charge < -0.3 is 15.0 Å². The quantitative estimate of drug-likeness (QED) is 0.370. The molecule has 10 heteroatoms. The number of hydrogen-bond donors (Lipinski definition) is 1. The molecule has 1 aliphatic heterocycles. The van der Waals surface area contributed by atoms with Crippen LogP contribution in [0, 0.1) is 5.82 Å². The lowest BCUT2D eigenvalue weighted by Gasteiger charge is -2.21. The van der Waals surface area contributed by atoms with Crippen molar-refractivity contribution < 1.29 is 28.3 Å². The molecule has 4 rings (SSSR count). The highest BCUT2D eigenvalue weighted by molar-refractivity contribution is 6.30. The first-order valence-corrected chi connectivity index (χ1v) is 11.3. The van der Waals surface area contributed by atoms with Crippen LogP contribution in [-0.2, 0) is 20.9 Å². The lowest BCUT2D eigenvalue weighted by Crippen LogP contribution is -2.37. The van der Waals surface area contributed by atoms with Gasteiger partial charge in [-0.15, -0.1) is 0 Å². The predicted molar refractivity (Wildman–Crippen MR) is 131 cm³/mol. The van der Waals surface area contributed by atoms with Crippen molar-refractivity contribution in [3.63, 3.8) is 0 Å². The molecular formula is C26H21ClFN3O5. The maximum absolute atomic E-state index is 13.4. The fourth-order valence-corrected chi connectivity index (χ4v) is 3.95. The number of hydrogen-bond acceptors (Lipinski definition) is 5. The molecule has 1 N–H and O–H groups in total. The van der Waals surface area contributed by atoms with Crippen LogP contribution < -0.4 is 10.2 Å². The smallest absolute Gasteiger partial charge is 0.337 e. The summed E-state index contributed by atoms with van der Waals surface area (Å²) < 4.78 is 18.0. The normalized spacial score (nSPS) is 15.2. The Kier molecular flexibility index (Phi) is 7.30. The summed E-state index contributed by atoms with van der Waals surface area (Å²) in [5.41, 5.74) is 1.64. The average molecular weight is 510 g/mol. The highest BCUT2D eigenvalue weighted by atomic mass is 35.5. The van der Waals surface area contributed by atoms with E-state index in [-0.39, 0.29) is 13.0 Å². The Labute approximate surface area is 211 Å². The third kappa shape index (κ3) is 5.36. The number of methoxy groups -OCH3 is 1. The number of esters is 1. The van der Waals surface area contributed by atoms with Crippen LogP contribution in [0.1, 0.15) is 22.3 Å².